The highest BCUT2D eigenvalue weighted by atomic mass is 16.5. The largest absolute Gasteiger partial charge is 0.477 e. The van der Waals surface area contributed by atoms with Gasteiger partial charge in [0.2, 0.25) is 5.43 Å². The van der Waals surface area contributed by atoms with E-state index in [1.807, 2.05) is 28.8 Å². The van der Waals surface area contributed by atoms with Crippen LogP contribution in [0.4, 0.5) is 0 Å². The predicted molar refractivity (Wildman–Crippen MR) is 104 cm³/mol. The third-order valence-corrected chi connectivity index (χ3v) is 4.75. The number of nitriles is 1. The molecule has 1 heterocycles. The molecule has 0 amide bonds. The molecule has 1 aliphatic carbocycles. The molecule has 0 aliphatic heterocycles. The first-order chi connectivity index (χ1) is 13.6. The summed E-state index contributed by atoms with van der Waals surface area (Å²) in [4.78, 5) is 24.0. The van der Waals surface area contributed by atoms with Crippen molar-refractivity contribution in [3.8, 4) is 6.07 Å². The average Bonchev–Trinajstić information content (AvgIpc) is 3.52. The number of fused-ring (bicyclic) bond motifs is 1. The van der Waals surface area contributed by atoms with E-state index in [0.717, 1.165) is 36.8 Å². The van der Waals surface area contributed by atoms with Crippen LogP contribution in [0.25, 0.3) is 10.9 Å². The van der Waals surface area contributed by atoms with Crippen molar-refractivity contribution in [3.05, 3.63) is 45.7 Å². The van der Waals surface area contributed by atoms with Crippen molar-refractivity contribution < 1.29 is 19.4 Å². The summed E-state index contributed by atoms with van der Waals surface area (Å²) in [6.07, 6.45) is 5.42. The highest BCUT2D eigenvalue weighted by Crippen LogP contribution is 2.37. The minimum atomic E-state index is -1.18. The summed E-state index contributed by atoms with van der Waals surface area (Å²) < 4.78 is 12.7. The Balaban J connectivity index is 1.61. The lowest BCUT2D eigenvalue weighted by Crippen LogP contribution is -2.18. The Labute approximate surface area is 163 Å². The maximum Gasteiger partial charge on any atom is 0.341 e. The van der Waals surface area contributed by atoms with E-state index < -0.39 is 11.4 Å². The fourth-order valence-corrected chi connectivity index (χ4v) is 3.18. The van der Waals surface area contributed by atoms with Crippen LogP contribution in [0.15, 0.2) is 29.2 Å². The topological polar surface area (TPSA) is 102 Å². The molecule has 1 aromatic heterocycles. The van der Waals surface area contributed by atoms with Gasteiger partial charge in [0.25, 0.3) is 0 Å². The van der Waals surface area contributed by atoms with Gasteiger partial charge in [-0.25, -0.2) is 4.79 Å². The number of pyridine rings is 1. The summed E-state index contributed by atoms with van der Waals surface area (Å²) >= 11 is 0. The van der Waals surface area contributed by atoms with Crippen molar-refractivity contribution in [1.82, 2.24) is 4.57 Å². The van der Waals surface area contributed by atoms with E-state index in [1.165, 1.54) is 6.20 Å². The molecule has 1 fully saturated rings. The van der Waals surface area contributed by atoms with Crippen LogP contribution in [0.5, 0.6) is 0 Å². The van der Waals surface area contributed by atoms with Gasteiger partial charge in [-0.3, -0.25) is 4.79 Å². The summed E-state index contributed by atoms with van der Waals surface area (Å²) in [7, 11) is 0. The van der Waals surface area contributed by atoms with Gasteiger partial charge in [0.05, 0.1) is 37.8 Å². The third-order valence-electron chi connectivity index (χ3n) is 4.75. The summed E-state index contributed by atoms with van der Waals surface area (Å²) in [5, 5.41) is 18.2. The second-order valence-electron chi connectivity index (χ2n) is 6.90. The Hall–Kier alpha value is -2.69. The fraction of sp³-hybridized carbons (Fsp3) is 0.476. The van der Waals surface area contributed by atoms with Crippen molar-refractivity contribution in [2.45, 2.75) is 38.1 Å². The average molecular weight is 384 g/mol. The molecule has 1 aliphatic rings. The van der Waals surface area contributed by atoms with E-state index in [2.05, 4.69) is 0 Å². The van der Waals surface area contributed by atoms with Crippen LogP contribution < -0.4 is 5.43 Å². The van der Waals surface area contributed by atoms with Gasteiger partial charge >= 0.3 is 5.97 Å². The molecular weight excluding hydrogens is 360 g/mol. The van der Waals surface area contributed by atoms with E-state index in [9.17, 15) is 14.7 Å². The van der Waals surface area contributed by atoms with Gasteiger partial charge in [-0.15, -0.1) is 0 Å². The first-order valence-electron chi connectivity index (χ1n) is 9.55. The van der Waals surface area contributed by atoms with E-state index in [-0.39, 0.29) is 11.6 Å². The molecular formula is C21H24N2O5. The SMILES string of the molecule is N#CCCOCCOCCCc1ccc2c(c1)c(=O)c(C(=O)O)cn2C1CC1. The van der Waals surface area contributed by atoms with E-state index >= 15 is 0 Å². The Kier molecular flexibility index (Phi) is 6.80. The van der Waals surface area contributed by atoms with Crippen LogP contribution >= 0.6 is 0 Å². The van der Waals surface area contributed by atoms with Crippen LogP contribution in [-0.4, -0.2) is 42.1 Å². The molecule has 1 aromatic carbocycles. The first-order valence-corrected chi connectivity index (χ1v) is 9.55. The second-order valence-corrected chi connectivity index (χ2v) is 6.90. The maximum atomic E-state index is 12.6. The van der Waals surface area contributed by atoms with Crippen LogP contribution in [0.3, 0.4) is 0 Å². The maximum absolute atomic E-state index is 12.6. The van der Waals surface area contributed by atoms with Crippen molar-refractivity contribution in [2.75, 3.05) is 26.4 Å². The second kappa shape index (κ2) is 9.49. The number of nitrogens with zero attached hydrogens (tertiary/aromatic N) is 2. The van der Waals surface area contributed by atoms with Crippen LogP contribution in [0.1, 0.15) is 47.6 Å². The number of aromatic carboxylic acids is 1. The Bertz CT molecular complexity index is 940. The molecule has 0 atom stereocenters. The lowest BCUT2D eigenvalue weighted by molar-refractivity contribution is 0.0490. The molecule has 28 heavy (non-hydrogen) atoms. The highest BCUT2D eigenvalue weighted by molar-refractivity contribution is 5.92. The van der Waals surface area contributed by atoms with E-state index in [1.54, 1.807) is 0 Å². The number of aryl methyl sites for hydroxylation is 1. The highest BCUT2D eigenvalue weighted by Gasteiger charge is 2.26. The number of hydrogen-bond acceptors (Lipinski definition) is 5. The van der Waals surface area contributed by atoms with Gasteiger partial charge in [0.15, 0.2) is 0 Å². The number of rotatable bonds is 11. The smallest absolute Gasteiger partial charge is 0.341 e. The van der Waals surface area contributed by atoms with Crippen molar-refractivity contribution in [2.24, 2.45) is 0 Å². The van der Waals surface area contributed by atoms with Crippen LogP contribution in [0, 0.1) is 11.3 Å². The molecule has 0 radical (unpaired) electrons. The van der Waals surface area contributed by atoms with Crippen molar-refractivity contribution >= 4 is 16.9 Å². The minimum Gasteiger partial charge on any atom is -0.477 e. The van der Waals surface area contributed by atoms with Crippen LogP contribution in [-0.2, 0) is 15.9 Å². The minimum absolute atomic E-state index is 0.170. The molecule has 0 unspecified atom stereocenters. The molecule has 0 spiro atoms. The number of ether oxygens (including phenoxy) is 2. The zero-order valence-electron chi connectivity index (χ0n) is 15.7. The standard InChI is InChI=1S/C21H24N2O5/c22-8-2-10-28-12-11-27-9-1-3-15-4-7-19-17(13-15)20(24)18(21(25)26)14-23(19)16-5-6-16/h4,7,13-14,16H,1-3,5-6,9-12H2,(H,25,26). The third kappa shape index (κ3) is 4.97. The van der Waals surface area contributed by atoms with Gasteiger partial charge in [-0.05, 0) is 43.4 Å². The normalized spacial score (nSPS) is 13.5. The predicted octanol–water partition coefficient (Wildman–Crippen LogP) is 2.91. The summed E-state index contributed by atoms with van der Waals surface area (Å²) in [6, 6.07) is 8.02. The molecule has 148 valence electrons. The number of carboxylic acid groups (broad SMARTS) is 1. The van der Waals surface area contributed by atoms with Crippen LogP contribution in [0.2, 0.25) is 0 Å². The quantitative estimate of drug-likeness (QED) is 0.598. The summed E-state index contributed by atoms with van der Waals surface area (Å²) in [5.74, 6) is -1.18. The van der Waals surface area contributed by atoms with Gasteiger partial charge in [-0.2, -0.15) is 5.26 Å². The fourth-order valence-electron chi connectivity index (χ4n) is 3.18. The number of carbonyl (C=O) groups is 1. The van der Waals surface area contributed by atoms with Gasteiger partial charge in [0, 0.05) is 24.2 Å². The monoisotopic (exact) mass is 384 g/mol. The molecule has 0 bridgehead atoms. The van der Waals surface area contributed by atoms with E-state index in [0.29, 0.717) is 38.2 Å². The Morgan fingerprint density at radius 2 is 1.96 bits per heavy atom. The Morgan fingerprint density at radius 3 is 2.64 bits per heavy atom. The molecule has 7 heteroatoms. The molecule has 3 rings (SSSR count). The summed E-state index contributed by atoms with van der Waals surface area (Å²) in [5.41, 5.74) is 1.19. The molecule has 1 saturated carbocycles. The zero-order chi connectivity index (χ0) is 19.9. The molecule has 0 saturated heterocycles. The molecule has 1 N–H and O–H groups in total. The zero-order valence-corrected chi connectivity index (χ0v) is 15.7. The molecule has 7 nitrogen and oxygen atoms in total. The van der Waals surface area contributed by atoms with Crippen molar-refractivity contribution in [3.63, 3.8) is 0 Å². The van der Waals surface area contributed by atoms with Gasteiger partial charge < -0.3 is 19.1 Å². The van der Waals surface area contributed by atoms with Gasteiger partial charge in [-0.1, -0.05) is 6.07 Å². The number of hydrogen-bond donors (Lipinski definition) is 1. The number of carboxylic acids is 1. The van der Waals surface area contributed by atoms with Crippen molar-refractivity contribution in [1.29, 1.82) is 5.26 Å². The lowest BCUT2D eigenvalue weighted by Gasteiger charge is -2.12. The summed E-state index contributed by atoms with van der Waals surface area (Å²) in [6.45, 7) is 1.95. The lowest BCUT2D eigenvalue weighted by atomic mass is 10.0. The van der Waals surface area contributed by atoms with Gasteiger partial charge in [0.1, 0.15) is 5.56 Å². The molecule has 2 aromatic rings. The van der Waals surface area contributed by atoms with E-state index in [4.69, 9.17) is 14.7 Å². The first kappa shape index (κ1) is 20.1. The number of aromatic nitrogens is 1. The number of benzene rings is 1. The Morgan fingerprint density at radius 1 is 1.21 bits per heavy atom.